The number of ether oxygens (including phenoxy) is 4. The van der Waals surface area contributed by atoms with Gasteiger partial charge >= 0.3 is 0 Å². The summed E-state index contributed by atoms with van der Waals surface area (Å²) < 4.78 is 21.4. The third-order valence-electron chi connectivity index (χ3n) is 3.70. The molecule has 0 saturated carbocycles. The summed E-state index contributed by atoms with van der Waals surface area (Å²) in [6, 6.07) is 10.6. The van der Waals surface area contributed by atoms with Crippen LogP contribution in [0, 0.1) is 0 Å². The number of methoxy groups -OCH3 is 2. The van der Waals surface area contributed by atoms with Gasteiger partial charge in [-0.3, -0.25) is 4.79 Å². The first-order valence-corrected chi connectivity index (χ1v) is 9.02. The molecule has 0 aromatic heterocycles. The van der Waals surface area contributed by atoms with Crippen LogP contribution in [-0.2, 0) is 4.79 Å². The molecule has 0 spiro atoms. The molecule has 0 fully saturated rings. The van der Waals surface area contributed by atoms with E-state index in [9.17, 15) is 4.79 Å². The predicted molar refractivity (Wildman–Crippen MR) is 106 cm³/mol. The molecular weight excluding hydrogens is 370 g/mol. The van der Waals surface area contributed by atoms with Crippen molar-refractivity contribution in [2.75, 3.05) is 32.8 Å². The highest BCUT2D eigenvalue weighted by molar-refractivity contribution is 6.32. The molecule has 0 atom stereocenters. The lowest BCUT2D eigenvalue weighted by atomic mass is 10.2. The summed E-state index contributed by atoms with van der Waals surface area (Å²) in [7, 11) is 3.02. The van der Waals surface area contributed by atoms with Crippen LogP contribution < -0.4 is 24.3 Å². The summed E-state index contributed by atoms with van der Waals surface area (Å²) in [5.41, 5.74) is 0.510. The molecule has 0 saturated heterocycles. The first-order valence-electron chi connectivity index (χ1n) is 8.64. The van der Waals surface area contributed by atoms with Gasteiger partial charge in [0.2, 0.25) is 5.91 Å². The van der Waals surface area contributed by atoms with Gasteiger partial charge in [0.15, 0.2) is 0 Å². The first-order chi connectivity index (χ1) is 13.1. The van der Waals surface area contributed by atoms with E-state index in [1.165, 1.54) is 14.2 Å². The number of hydrogen-bond acceptors (Lipinski definition) is 5. The monoisotopic (exact) mass is 393 g/mol. The fourth-order valence-electron chi connectivity index (χ4n) is 2.39. The van der Waals surface area contributed by atoms with Crippen LogP contribution in [0.1, 0.15) is 19.8 Å². The van der Waals surface area contributed by atoms with Gasteiger partial charge in [0.1, 0.15) is 23.0 Å². The molecule has 0 aliphatic rings. The van der Waals surface area contributed by atoms with Gasteiger partial charge in [-0.25, -0.2) is 0 Å². The van der Waals surface area contributed by atoms with Crippen molar-refractivity contribution in [2.45, 2.75) is 19.8 Å². The lowest BCUT2D eigenvalue weighted by molar-refractivity contribution is -0.116. The van der Waals surface area contributed by atoms with Crippen molar-refractivity contribution in [3.8, 4) is 23.0 Å². The number of carbonyl (C=O) groups excluding carboxylic acids is 1. The molecule has 27 heavy (non-hydrogen) atoms. The van der Waals surface area contributed by atoms with Crippen molar-refractivity contribution >= 4 is 23.2 Å². The maximum atomic E-state index is 12.2. The number of hydrogen-bond donors (Lipinski definition) is 1. The Kier molecular flexibility index (Phi) is 8.07. The van der Waals surface area contributed by atoms with Crippen LogP contribution in [-0.4, -0.2) is 33.3 Å². The number of benzene rings is 2. The average Bonchev–Trinajstić information content (AvgIpc) is 2.67. The summed E-state index contributed by atoms with van der Waals surface area (Å²) in [6.45, 7) is 2.99. The Bertz CT molecular complexity index is 749. The molecule has 146 valence electrons. The zero-order valence-corrected chi connectivity index (χ0v) is 16.5. The zero-order valence-electron chi connectivity index (χ0n) is 15.7. The molecule has 6 nitrogen and oxygen atoms in total. The summed E-state index contributed by atoms with van der Waals surface area (Å²) in [5.74, 6) is 2.33. The SMILES string of the molecule is CCOc1ccc(OCCCC(=O)Nc2cc(OC)c(Cl)cc2OC)cc1. The van der Waals surface area contributed by atoms with Crippen LogP contribution in [0.15, 0.2) is 36.4 Å². The first kappa shape index (κ1) is 20.7. The van der Waals surface area contributed by atoms with Crippen LogP contribution in [0.4, 0.5) is 5.69 Å². The second-order valence-corrected chi connectivity index (χ2v) is 6.00. The van der Waals surface area contributed by atoms with Gasteiger partial charge < -0.3 is 24.3 Å². The number of amides is 1. The Morgan fingerprint density at radius 3 is 2.22 bits per heavy atom. The Morgan fingerprint density at radius 1 is 1.00 bits per heavy atom. The summed E-state index contributed by atoms with van der Waals surface area (Å²) >= 11 is 6.06. The summed E-state index contributed by atoms with van der Waals surface area (Å²) in [4.78, 5) is 12.2. The van der Waals surface area contributed by atoms with E-state index < -0.39 is 0 Å². The maximum absolute atomic E-state index is 12.2. The van der Waals surface area contributed by atoms with E-state index in [1.54, 1.807) is 12.1 Å². The quantitative estimate of drug-likeness (QED) is 0.599. The Morgan fingerprint density at radius 2 is 1.63 bits per heavy atom. The van der Waals surface area contributed by atoms with Crippen molar-refractivity contribution < 1.29 is 23.7 Å². The van der Waals surface area contributed by atoms with Crippen molar-refractivity contribution in [3.63, 3.8) is 0 Å². The number of rotatable bonds is 10. The Labute approximate surface area is 164 Å². The predicted octanol–water partition coefficient (Wildman–Crippen LogP) is 4.55. The highest BCUT2D eigenvalue weighted by atomic mass is 35.5. The fourth-order valence-corrected chi connectivity index (χ4v) is 2.62. The van der Waals surface area contributed by atoms with Gasteiger partial charge in [-0.05, 0) is 37.6 Å². The third kappa shape index (κ3) is 6.25. The number of carbonyl (C=O) groups is 1. The highest BCUT2D eigenvalue weighted by Crippen LogP contribution is 2.35. The second-order valence-electron chi connectivity index (χ2n) is 5.59. The van der Waals surface area contributed by atoms with Crippen LogP contribution >= 0.6 is 11.6 Å². The Hall–Kier alpha value is -2.60. The van der Waals surface area contributed by atoms with Crippen LogP contribution in [0.3, 0.4) is 0 Å². The molecule has 0 radical (unpaired) electrons. The normalized spacial score (nSPS) is 10.2. The smallest absolute Gasteiger partial charge is 0.224 e. The Balaban J connectivity index is 1.81. The van der Waals surface area contributed by atoms with Crippen molar-refractivity contribution in [3.05, 3.63) is 41.4 Å². The lowest BCUT2D eigenvalue weighted by Gasteiger charge is -2.13. The van der Waals surface area contributed by atoms with Gasteiger partial charge in [-0.2, -0.15) is 0 Å². The largest absolute Gasteiger partial charge is 0.495 e. The van der Waals surface area contributed by atoms with Gasteiger partial charge in [-0.1, -0.05) is 11.6 Å². The average molecular weight is 394 g/mol. The van der Waals surface area contributed by atoms with Crippen molar-refractivity contribution in [2.24, 2.45) is 0 Å². The molecule has 2 aromatic rings. The molecule has 2 rings (SSSR count). The minimum atomic E-state index is -0.145. The van der Waals surface area contributed by atoms with Crippen molar-refractivity contribution in [1.82, 2.24) is 0 Å². The van der Waals surface area contributed by atoms with Crippen molar-refractivity contribution in [1.29, 1.82) is 0 Å². The molecule has 0 heterocycles. The summed E-state index contributed by atoms with van der Waals surface area (Å²) in [5, 5.41) is 3.22. The fraction of sp³-hybridized carbons (Fsp3) is 0.350. The van der Waals surface area contributed by atoms with E-state index in [0.717, 1.165) is 11.5 Å². The molecule has 0 aliphatic heterocycles. The number of anilines is 1. The van der Waals surface area contributed by atoms with E-state index in [2.05, 4.69) is 5.32 Å². The highest BCUT2D eigenvalue weighted by Gasteiger charge is 2.12. The second kappa shape index (κ2) is 10.5. The van der Waals surface area contributed by atoms with E-state index in [4.69, 9.17) is 30.5 Å². The van der Waals surface area contributed by atoms with E-state index >= 15 is 0 Å². The minimum absolute atomic E-state index is 0.145. The van der Waals surface area contributed by atoms with E-state index in [1.807, 2.05) is 31.2 Å². The summed E-state index contributed by atoms with van der Waals surface area (Å²) in [6.07, 6.45) is 0.886. The van der Waals surface area contributed by atoms with E-state index in [0.29, 0.717) is 48.3 Å². The molecular formula is C20H24ClNO5. The van der Waals surface area contributed by atoms with Crippen LogP contribution in [0.25, 0.3) is 0 Å². The number of nitrogens with one attached hydrogen (secondary N) is 1. The molecule has 2 aromatic carbocycles. The molecule has 7 heteroatoms. The molecule has 0 aliphatic carbocycles. The number of halogens is 1. The standard InChI is InChI=1S/C20H24ClNO5/c1-4-26-14-7-9-15(10-8-14)27-11-5-6-20(23)22-17-13-18(24-2)16(21)12-19(17)25-3/h7-10,12-13H,4-6,11H2,1-3H3,(H,22,23). The van der Waals surface area contributed by atoms with Gasteiger partial charge in [0.05, 0.1) is 38.1 Å². The van der Waals surface area contributed by atoms with Gasteiger partial charge in [0.25, 0.3) is 0 Å². The van der Waals surface area contributed by atoms with E-state index in [-0.39, 0.29) is 5.91 Å². The molecule has 0 bridgehead atoms. The molecule has 0 unspecified atom stereocenters. The zero-order chi connectivity index (χ0) is 19.6. The molecule has 1 N–H and O–H groups in total. The topological polar surface area (TPSA) is 66.0 Å². The maximum Gasteiger partial charge on any atom is 0.224 e. The van der Waals surface area contributed by atoms with Crippen LogP contribution in [0.5, 0.6) is 23.0 Å². The third-order valence-corrected chi connectivity index (χ3v) is 4.00. The molecule has 1 amide bonds. The minimum Gasteiger partial charge on any atom is -0.495 e. The van der Waals surface area contributed by atoms with Crippen LogP contribution in [0.2, 0.25) is 5.02 Å². The van der Waals surface area contributed by atoms with Gasteiger partial charge in [0, 0.05) is 18.6 Å². The van der Waals surface area contributed by atoms with Gasteiger partial charge in [-0.15, -0.1) is 0 Å². The lowest BCUT2D eigenvalue weighted by Crippen LogP contribution is -2.13.